The highest BCUT2D eigenvalue weighted by atomic mass is 16.5. The maximum atomic E-state index is 6.41. The van der Waals surface area contributed by atoms with Gasteiger partial charge in [0, 0.05) is 6.04 Å². The molecule has 1 aliphatic rings. The molecule has 0 radical (unpaired) electrons. The highest BCUT2D eigenvalue weighted by Crippen LogP contribution is 2.33. The van der Waals surface area contributed by atoms with E-state index >= 15 is 0 Å². The van der Waals surface area contributed by atoms with Crippen molar-refractivity contribution in [3.8, 4) is 5.75 Å². The molecular weight excluding hydrogens is 234 g/mol. The first kappa shape index (κ1) is 14.4. The minimum Gasteiger partial charge on any atom is -0.496 e. The topological polar surface area (TPSA) is 35.2 Å². The van der Waals surface area contributed by atoms with Gasteiger partial charge in [-0.15, -0.1) is 0 Å². The molecular formula is C17H27NO. The number of nitrogens with two attached hydrogens (primary N) is 1. The van der Waals surface area contributed by atoms with Crippen LogP contribution in [-0.2, 0) is 0 Å². The Labute approximate surface area is 117 Å². The molecule has 0 bridgehead atoms. The molecule has 1 unspecified atom stereocenters. The molecule has 0 saturated heterocycles. The number of aryl methyl sites for hydroxylation is 2. The minimum absolute atomic E-state index is 0.173. The number of benzene rings is 1. The lowest BCUT2D eigenvalue weighted by Gasteiger charge is -2.25. The van der Waals surface area contributed by atoms with Gasteiger partial charge >= 0.3 is 0 Å². The first-order chi connectivity index (χ1) is 9.11. The number of hydrogen-bond donors (Lipinski definition) is 1. The minimum atomic E-state index is 0.173. The molecule has 1 atom stereocenters. The summed E-state index contributed by atoms with van der Waals surface area (Å²) in [4.78, 5) is 0. The monoisotopic (exact) mass is 261 g/mol. The van der Waals surface area contributed by atoms with Crippen molar-refractivity contribution in [1.29, 1.82) is 0 Å². The van der Waals surface area contributed by atoms with Gasteiger partial charge < -0.3 is 10.5 Å². The molecule has 2 heteroatoms. The average molecular weight is 261 g/mol. The zero-order valence-electron chi connectivity index (χ0n) is 12.5. The van der Waals surface area contributed by atoms with Gasteiger partial charge in [-0.05, 0) is 42.9 Å². The highest BCUT2D eigenvalue weighted by molar-refractivity contribution is 5.44. The molecule has 1 aromatic rings. The first-order valence-electron chi connectivity index (χ1n) is 7.52. The third-order valence-corrected chi connectivity index (χ3v) is 4.43. The molecule has 0 spiro atoms. The van der Waals surface area contributed by atoms with Crippen molar-refractivity contribution in [2.75, 3.05) is 7.11 Å². The quantitative estimate of drug-likeness (QED) is 0.878. The molecule has 2 nitrogen and oxygen atoms in total. The summed E-state index contributed by atoms with van der Waals surface area (Å²) in [6.07, 6.45) is 8.04. The summed E-state index contributed by atoms with van der Waals surface area (Å²) >= 11 is 0. The second-order valence-corrected chi connectivity index (χ2v) is 6.03. The van der Waals surface area contributed by atoms with Crippen molar-refractivity contribution >= 4 is 0 Å². The van der Waals surface area contributed by atoms with Crippen molar-refractivity contribution in [2.24, 2.45) is 11.7 Å². The van der Waals surface area contributed by atoms with E-state index in [4.69, 9.17) is 10.5 Å². The number of hydrogen-bond acceptors (Lipinski definition) is 2. The lowest BCUT2D eigenvalue weighted by molar-refractivity contribution is 0.319. The van der Waals surface area contributed by atoms with Crippen LogP contribution in [0.3, 0.4) is 0 Å². The fourth-order valence-electron chi connectivity index (χ4n) is 3.44. The lowest BCUT2D eigenvalue weighted by Crippen LogP contribution is -2.17. The summed E-state index contributed by atoms with van der Waals surface area (Å²) in [5, 5.41) is 0. The van der Waals surface area contributed by atoms with E-state index < -0.39 is 0 Å². The average Bonchev–Trinajstić information content (AvgIpc) is 2.39. The van der Waals surface area contributed by atoms with Crippen molar-refractivity contribution in [3.63, 3.8) is 0 Å². The van der Waals surface area contributed by atoms with Gasteiger partial charge in [0.15, 0.2) is 0 Å². The second kappa shape index (κ2) is 6.42. The molecule has 0 aliphatic heterocycles. The highest BCUT2D eigenvalue weighted by Gasteiger charge is 2.18. The van der Waals surface area contributed by atoms with Crippen LogP contribution in [0.2, 0.25) is 0 Å². The smallest absolute Gasteiger partial charge is 0.124 e. The molecule has 19 heavy (non-hydrogen) atoms. The molecule has 1 fully saturated rings. The second-order valence-electron chi connectivity index (χ2n) is 6.03. The molecule has 0 amide bonds. The molecule has 106 valence electrons. The SMILES string of the molecule is COc1c(C)cc(C(N)CC2CCCCC2)cc1C. The van der Waals surface area contributed by atoms with Crippen molar-refractivity contribution in [2.45, 2.75) is 58.4 Å². The fraction of sp³-hybridized carbons (Fsp3) is 0.647. The number of ether oxygens (including phenoxy) is 1. The van der Waals surface area contributed by atoms with Gasteiger partial charge in [0.05, 0.1) is 7.11 Å². The Kier molecular flexibility index (Phi) is 4.87. The van der Waals surface area contributed by atoms with E-state index in [-0.39, 0.29) is 6.04 Å². The summed E-state index contributed by atoms with van der Waals surface area (Å²) in [6.45, 7) is 4.20. The van der Waals surface area contributed by atoms with Gasteiger partial charge in [-0.25, -0.2) is 0 Å². The third kappa shape index (κ3) is 3.50. The summed E-state index contributed by atoms with van der Waals surface area (Å²) in [7, 11) is 1.73. The van der Waals surface area contributed by atoms with E-state index in [0.717, 1.165) is 18.1 Å². The Bertz CT molecular complexity index is 398. The molecule has 2 rings (SSSR count). The van der Waals surface area contributed by atoms with Gasteiger partial charge in [0.1, 0.15) is 5.75 Å². The van der Waals surface area contributed by atoms with Crippen LogP contribution in [0.5, 0.6) is 5.75 Å². The lowest BCUT2D eigenvalue weighted by atomic mass is 9.83. The van der Waals surface area contributed by atoms with Crippen LogP contribution in [0.1, 0.15) is 61.3 Å². The van der Waals surface area contributed by atoms with Crippen LogP contribution in [0.4, 0.5) is 0 Å². The molecule has 1 aliphatic carbocycles. The molecule has 0 heterocycles. The first-order valence-corrected chi connectivity index (χ1v) is 7.52. The fourth-order valence-corrected chi connectivity index (χ4v) is 3.44. The van der Waals surface area contributed by atoms with Gasteiger partial charge in [0.2, 0.25) is 0 Å². The van der Waals surface area contributed by atoms with Crippen LogP contribution < -0.4 is 10.5 Å². The van der Waals surface area contributed by atoms with Gasteiger partial charge in [-0.3, -0.25) is 0 Å². The summed E-state index contributed by atoms with van der Waals surface area (Å²) < 4.78 is 5.42. The maximum absolute atomic E-state index is 6.41. The Hall–Kier alpha value is -1.02. The van der Waals surface area contributed by atoms with E-state index in [1.807, 2.05) is 0 Å². The van der Waals surface area contributed by atoms with E-state index in [1.54, 1.807) is 7.11 Å². The Morgan fingerprint density at radius 3 is 2.26 bits per heavy atom. The van der Waals surface area contributed by atoms with E-state index in [0.29, 0.717) is 0 Å². The summed E-state index contributed by atoms with van der Waals surface area (Å²) in [5.74, 6) is 1.82. The van der Waals surface area contributed by atoms with E-state index in [1.165, 1.54) is 48.8 Å². The number of methoxy groups -OCH3 is 1. The largest absolute Gasteiger partial charge is 0.496 e. The standard InChI is InChI=1S/C17H27NO/c1-12-9-15(10-13(2)17(12)19-3)16(18)11-14-7-5-4-6-8-14/h9-10,14,16H,4-8,11,18H2,1-3H3. The van der Waals surface area contributed by atoms with E-state index in [2.05, 4.69) is 26.0 Å². The zero-order chi connectivity index (χ0) is 13.8. The molecule has 1 saturated carbocycles. The van der Waals surface area contributed by atoms with Gasteiger partial charge in [0.25, 0.3) is 0 Å². The van der Waals surface area contributed by atoms with Gasteiger partial charge in [-0.1, -0.05) is 44.2 Å². The van der Waals surface area contributed by atoms with Crippen molar-refractivity contribution < 1.29 is 4.74 Å². The number of rotatable bonds is 4. The van der Waals surface area contributed by atoms with Crippen molar-refractivity contribution in [1.82, 2.24) is 0 Å². The molecule has 2 N–H and O–H groups in total. The Balaban J connectivity index is 2.08. The third-order valence-electron chi connectivity index (χ3n) is 4.43. The summed E-state index contributed by atoms with van der Waals surface area (Å²) in [6, 6.07) is 4.56. The van der Waals surface area contributed by atoms with Gasteiger partial charge in [-0.2, -0.15) is 0 Å². The maximum Gasteiger partial charge on any atom is 0.124 e. The predicted molar refractivity (Wildman–Crippen MR) is 80.6 cm³/mol. The van der Waals surface area contributed by atoms with Crippen LogP contribution in [0.25, 0.3) is 0 Å². The van der Waals surface area contributed by atoms with Crippen LogP contribution in [0, 0.1) is 19.8 Å². The van der Waals surface area contributed by atoms with Crippen LogP contribution >= 0.6 is 0 Å². The summed E-state index contributed by atoms with van der Waals surface area (Å²) in [5.41, 5.74) is 10.1. The Morgan fingerprint density at radius 1 is 1.16 bits per heavy atom. The Morgan fingerprint density at radius 2 is 1.74 bits per heavy atom. The zero-order valence-corrected chi connectivity index (χ0v) is 12.5. The molecule has 1 aromatic carbocycles. The van der Waals surface area contributed by atoms with Crippen molar-refractivity contribution in [3.05, 3.63) is 28.8 Å². The molecule has 0 aromatic heterocycles. The van der Waals surface area contributed by atoms with Crippen LogP contribution in [0.15, 0.2) is 12.1 Å². The normalized spacial score (nSPS) is 18.3. The van der Waals surface area contributed by atoms with Crippen LogP contribution in [-0.4, -0.2) is 7.11 Å². The predicted octanol–water partition coefficient (Wildman–Crippen LogP) is 4.28. The van der Waals surface area contributed by atoms with E-state index in [9.17, 15) is 0 Å².